The maximum atomic E-state index is 11.9. The van der Waals surface area contributed by atoms with Crippen molar-refractivity contribution in [3.05, 3.63) is 54.0 Å². The minimum atomic E-state index is -0.254. The molecule has 0 saturated heterocycles. The summed E-state index contributed by atoms with van der Waals surface area (Å²) in [4.78, 5) is 13.9. The third-order valence-corrected chi connectivity index (χ3v) is 3.35. The van der Waals surface area contributed by atoms with E-state index >= 15 is 0 Å². The Morgan fingerprint density at radius 3 is 2.78 bits per heavy atom. The smallest absolute Gasteiger partial charge is 0.258 e. The van der Waals surface area contributed by atoms with Gasteiger partial charge in [-0.3, -0.25) is 9.69 Å². The summed E-state index contributed by atoms with van der Waals surface area (Å²) in [6, 6.07) is 12.5. The zero-order valence-corrected chi connectivity index (χ0v) is 13.2. The number of carbonyl (C=O) groups is 1. The van der Waals surface area contributed by atoms with Crippen molar-refractivity contribution in [1.82, 2.24) is 10.2 Å². The molecule has 1 atom stereocenters. The molecular formula is C17H19N3O3. The lowest BCUT2D eigenvalue weighted by atomic mass is 10.2. The van der Waals surface area contributed by atoms with Crippen LogP contribution in [0, 0.1) is 11.3 Å². The van der Waals surface area contributed by atoms with Gasteiger partial charge in [-0.25, -0.2) is 0 Å². The first-order valence-electron chi connectivity index (χ1n) is 7.20. The molecule has 0 bridgehead atoms. The number of para-hydroxylation sites is 1. The third kappa shape index (κ3) is 4.59. The molecule has 0 fully saturated rings. The van der Waals surface area contributed by atoms with E-state index in [1.807, 2.05) is 37.2 Å². The van der Waals surface area contributed by atoms with Crippen LogP contribution in [0.5, 0.6) is 5.75 Å². The predicted octanol–water partition coefficient (Wildman–Crippen LogP) is 1.95. The molecule has 120 valence electrons. The Labute approximate surface area is 135 Å². The van der Waals surface area contributed by atoms with Gasteiger partial charge in [-0.1, -0.05) is 12.1 Å². The van der Waals surface area contributed by atoms with Gasteiger partial charge in [0.05, 0.1) is 17.9 Å². The van der Waals surface area contributed by atoms with Crippen molar-refractivity contribution >= 4 is 5.91 Å². The predicted molar refractivity (Wildman–Crippen MR) is 84.8 cm³/mol. The van der Waals surface area contributed by atoms with Crippen LogP contribution >= 0.6 is 0 Å². The molecule has 23 heavy (non-hydrogen) atoms. The molecule has 6 heteroatoms. The van der Waals surface area contributed by atoms with Crippen LogP contribution in [-0.2, 0) is 4.79 Å². The summed E-state index contributed by atoms with van der Waals surface area (Å²) in [7, 11) is 3.83. The van der Waals surface area contributed by atoms with Gasteiger partial charge in [0.1, 0.15) is 17.6 Å². The van der Waals surface area contributed by atoms with Crippen LogP contribution in [0.25, 0.3) is 0 Å². The maximum absolute atomic E-state index is 11.9. The van der Waals surface area contributed by atoms with Gasteiger partial charge in [-0.15, -0.1) is 0 Å². The zero-order valence-electron chi connectivity index (χ0n) is 13.2. The molecule has 0 aliphatic rings. The summed E-state index contributed by atoms with van der Waals surface area (Å²) < 4.78 is 10.8. The fraction of sp³-hybridized carbons (Fsp3) is 0.294. The lowest BCUT2D eigenvalue weighted by molar-refractivity contribution is -0.123. The van der Waals surface area contributed by atoms with Crippen molar-refractivity contribution in [2.75, 3.05) is 27.2 Å². The Hall–Kier alpha value is -2.78. The number of nitriles is 1. The number of ether oxygens (including phenoxy) is 1. The molecule has 6 nitrogen and oxygen atoms in total. The van der Waals surface area contributed by atoms with Crippen molar-refractivity contribution in [3.63, 3.8) is 0 Å². The number of nitrogens with zero attached hydrogens (tertiary/aromatic N) is 2. The molecule has 0 saturated carbocycles. The highest BCUT2D eigenvalue weighted by atomic mass is 16.5. The Morgan fingerprint density at radius 2 is 2.13 bits per heavy atom. The Balaban J connectivity index is 1.86. The highest BCUT2D eigenvalue weighted by Gasteiger charge is 2.18. The van der Waals surface area contributed by atoms with Crippen LogP contribution in [0.3, 0.4) is 0 Å². The molecule has 1 N–H and O–H groups in total. The summed E-state index contributed by atoms with van der Waals surface area (Å²) >= 11 is 0. The first-order chi connectivity index (χ1) is 11.1. The summed E-state index contributed by atoms with van der Waals surface area (Å²) in [5.74, 6) is 0.933. The molecule has 1 aromatic carbocycles. The van der Waals surface area contributed by atoms with Crippen LogP contribution in [0.4, 0.5) is 0 Å². The standard InChI is InChI=1S/C17H19N3O3/c1-20(2)14(16-8-5-9-22-16)11-19-17(21)12-23-15-7-4-3-6-13(15)10-18/h3-9,14H,11-12H2,1-2H3,(H,19,21). The minimum absolute atomic E-state index is 0.0552. The second kappa shape index (κ2) is 8.01. The van der Waals surface area contributed by atoms with Crippen molar-refractivity contribution < 1.29 is 13.9 Å². The van der Waals surface area contributed by atoms with Crippen molar-refractivity contribution in [2.24, 2.45) is 0 Å². The van der Waals surface area contributed by atoms with E-state index in [-0.39, 0.29) is 18.6 Å². The molecule has 1 aromatic heterocycles. The molecule has 0 spiro atoms. The van der Waals surface area contributed by atoms with Gasteiger partial charge in [0.2, 0.25) is 0 Å². The molecular weight excluding hydrogens is 294 g/mol. The number of hydrogen-bond acceptors (Lipinski definition) is 5. The molecule has 1 unspecified atom stereocenters. The van der Waals surface area contributed by atoms with Crippen molar-refractivity contribution in [1.29, 1.82) is 5.26 Å². The topological polar surface area (TPSA) is 78.5 Å². The molecule has 0 radical (unpaired) electrons. The van der Waals surface area contributed by atoms with Crippen molar-refractivity contribution in [2.45, 2.75) is 6.04 Å². The van der Waals surface area contributed by atoms with E-state index in [0.717, 1.165) is 5.76 Å². The quantitative estimate of drug-likeness (QED) is 0.845. The first-order valence-corrected chi connectivity index (χ1v) is 7.20. The molecule has 2 aromatic rings. The number of benzene rings is 1. The summed E-state index contributed by atoms with van der Waals surface area (Å²) in [6.45, 7) is 0.263. The largest absolute Gasteiger partial charge is 0.482 e. The average molecular weight is 313 g/mol. The van der Waals surface area contributed by atoms with E-state index in [0.29, 0.717) is 17.9 Å². The summed E-state index contributed by atoms with van der Waals surface area (Å²) in [5.41, 5.74) is 0.405. The number of rotatable bonds is 7. The van der Waals surface area contributed by atoms with Crippen LogP contribution < -0.4 is 10.1 Å². The number of carbonyl (C=O) groups excluding carboxylic acids is 1. The van der Waals surface area contributed by atoms with E-state index < -0.39 is 0 Å². The molecule has 1 amide bonds. The van der Waals surface area contributed by atoms with E-state index in [1.54, 1.807) is 30.5 Å². The van der Waals surface area contributed by atoms with Crippen LogP contribution in [0.15, 0.2) is 47.1 Å². The van der Waals surface area contributed by atoms with Gasteiger partial charge in [-0.05, 0) is 38.4 Å². The Kier molecular flexibility index (Phi) is 5.78. The normalized spacial score (nSPS) is 11.7. The third-order valence-electron chi connectivity index (χ3n) is 3.35. The maximum Gasteiger partial charge on any atom is 0.258 e. The van der Waals surface area contributed by atoms with Gasteiger partial charge in [0, 0.05) is 6.54 Å². The van der Waals surface area contributed by atoms with Gasteiger partial charge >= 0.3 is 0 Å². The van der Waals surface area contributed by atoms with Gasteiger partial charge in [0.25, 0.3) is 5.91 Å². The van der Waals surface area contributed by atoms with Crippen LogP contribution in [-0.4, -0.2) is 38.1 Å². The van der Waals surface area contributed by atoms with Crippen molar-refractivity contribution in [3.8, 4) is 11.8 Å². The number of hydrogen-bond donors (Lipinski definition) is 1. The SMILES string of the molecule is CN(C)C(CNC(=O)COc1ccccc1C#N)c1ccco1. The number of amides is 1. The lowest BCUT2D eigenvalue weighted by Gasteiger charge is -2.22. The molecule has 0 aliphatic heterocycles. The fourth-order valence-corrected chi connectivity index (χ4v) is 2.11. The second-order valence-corrected chi connectivity index (χ2v) is 5.20. The highest BCUT2D eigenvalue weighted by Crippen LogP contribution is 2.18. The summed E-state index contributed by atoms with van der Waals surface area (Å²) in [5, 5.41) is 11.8. The Morgan fingerprint density at radius 1 is 1.35 bits per heavy atom. The number of furan rings is 1. The number of nitrogens with one attached hydrogen (secondary N) is 1. The van der Waals surface area contributed by atoms with Crippen LogP contribution in [0.2, 0.25) is 0 Å². The van der Waals surface area contributed by atoms with E-state index in [4.69, 9.17) is 14.4 Å². The van der Waals surface area contributed by atoms with Gasteiger partial charge in [0.15, 0.2) is 6.61 Å². The summed E-state index contributed by atoms with van der Waals surface area (Å²) in [6.07, 6.45) is 1.61. The molecule has 1 heterocycles. The lowest BCUT2D eigenvalue weighted by Crippen LogP contribution is -2.36. The van der Waals surface area contributed by atoms with Gasteiger partial charge < -0.3 is 14.5 Å². The zero-order chi connectivity index (χ0) is 16.7. The van der Waals surface area contributed by atoms with E-state index in [9.17, 15) is 4.79 Å². The second-order valence-electron chi connectivity index (χ2n) is 5.20. The molecule has 0 aliphatic carbocycles. The number of likely N-dealkylation sites (N-methyl/N-ethyl adjacent to an activating group) is 1. The van der Waals surface area contributed by atoms with Gasteiger partial charge in [-0.2, -0.15) is 5.26 Å². The monoisotopic (exact) mass is 313 g/mol. The van der Waals surface area contributed by atoms with E-state index in [2.05, 4.69) is 5.32 Å². The van der Waals surface area contributed by atoms with E-state index in [1.165, 1.54) is 0 Å². The fourth-order valence-electron chi connectivity index (χ4n) is 2.11. The minimum Gasteiger partial charge on any atom is -0.482 e. The first kappa shape index (κ1) is 16.6. The highest BCUT2D eigenvalue weighted by molar-refractivity contribution is 5.77. The molecule has 2 rings (SSSR count). The average Bonchev–Trinajstić information content (AvgIpc) is 3.07. The Bertz CT molecular complexity index is 675. The van der Waals surface area contributed by atoms with Crippen LogP contribution in [0.1, 0.15) is 17.4 Å².